The van der Waals surface area contributed by atoms with E-state index >= 15 is 0 Å². The second-order valence-corrected chi connectivity index (χ2v) is 4.66. The second-order valence-electron chi connectivity index (χ2n) is 4.66. The van der Waals surface area contributed by atoms with Crippen molar-refractivity contribution in [1.29, 1.82) is 0 Å². The minimum absolute atomic E-state index is 0.790. The van der Waals surface area contributed by atoms with Crippen molar-refractivity contribution in [2.45, 2.75) is 32.7 Å². The molecule has 0 saturated carbocycles. The average Bonchev–Trinajstić information content (AvgIpc) is 2.47. The Labute approximate surface area is 82.7 Å². The van der Waals surface area contributed by atoms with Crippen LogP contribution in [0.4, 0.5) is 0 Å². The highest BCUT2D eigenvalue weighted by Crippen LogP contribution is 2.26. The molecule has 1 fully saturated rings. The van der Waals surface area contributed by atoms with Crippen molar-refractivity contribution in [2.75, 3.05) is 27.2 Å². The van der Waals surface area contributed by atoms with Crippen molar-refractivity contribution in [3.8, 4) is 0 Å². The molecule has 0 bridgehead atoms. The third-order valence-electron chi connectivity index (χ3n) is 3.37. The second kappa shape index (κ2) is 4.97. The van der Waals surface area contributed by atoms with Gasteiger partial charge in [0.05, 0.1) is 0 Å². The highest BCUT2D eigenvalue weighted by molar-refractivity contribution is 4.85. The number of hydrogen-bond donors (Lipinski definition) is 1. The first-order valence-electron chi connectivity index (χ1n) is 5.51. The molecule has 0 aromatic heterocycles. The Hall–Kier alpha value is -0.0800. The van der Waals surface area contributed by atoms with E-state index in [0.29, 0.717) is 0 Å². The molecule has 13 heavy (non-hydrogen) atoms. The predicted molar refractivity (Wildman–Crippen MR) is 57.9 cm³/mol. The van der Waals surface area contributed by atoms with Gasteiger partial charge in [0.1, 0.15) is 0 Å². The Bertz CT molecular complexity index is 145. The highest BCUT2D eigenvalue weighted by Gasteiger charge is 2.30. The van der Waals surface area contributed by atoms with E-state index < -0.39 is 0 Å². The summed E-state index contributed by atoms with van der Waals surface area (Å²) in [5, 5.41) is 3.32. The quantitative estimate of drug-likeness (QED) is 0.713. The first kappa shape index (κ1) is 11.0. The number of rotatable bonds is 4. The van der Waals surface area contributed by atoms with Crippen molar-refractivity contribution in [3.63, 3.8) is 0 Å². The van der Waals surface area contributed by atoms with Gasteiger partial charge in [-0.15, -0.1) is 0 Å². The minimum atomic E-state index is 0.790. The van der Waals surface area contributed by atoms with Gasteiger partial charge in [-0.25, -0.2) is 0 Å². The summed E-state index contributed by atoms with van der Waals surface area (Å²) in [5.41, 5.74) is 0. The van der Waals surface area contributed by atoms with Crippen LogP contribution in [-0.2, 0) is 0 Å². The van der Waals surface area contributed by atoms with Gasteiger partial charge in [0.15, 0.2) is 0 Å². The van der Waals surface area contributed by atoms with Crippen LogP contribution in [0.5, 0.6) is 0 Å². The lowest BCUT2D eigenvalue weighted by Crippen LogP contribution is -2.40. The number of nitrogens with zero attached hydrogens (tertiary/aromatic N) is 1. The van der Waals surface area contributed by atoms with E-state index in [1.807, 2.05) is 0 Å². The number of hydrogen-bond acceptors (Lipinski definition) is 2. The minimum Gasteiger partial charge on any atom is -0.319 e. The molecule has 1 saturated heterocycles. The van der Waals surface area contributed by atoms with Crippen LogP contribution in [-0.4, -0.2) is 38.1 Å². The molecular weight excluding hydrogens is 160 g/mol. The van der Waals surface area contributed by atoms with Crippen LogP contribution in [0, 0.1) is 11.8 Å². The molecule has 2 atom stereocenters. The molecule has 2 nitrogen and oxygen atoms in total. The zero-order valence-corrected chi connectivity index (χ0v) is 9.51. The van der Waals surface area contributed by atoms with E-state index in [1.54, 1.807) is 0 Å². The smallest absolute Gasteiger partial charge is 0.0135 e. The maximum atomic E-state index is 3.32. The molecule has 2 heteroatoms. The van der Waals surface area contributed by atoms with Crippen LogP contribution in [0.2, 0.25) is 0 Å². The molecule has 0 aliphatic carbocycles. The van der Waals surface area contributed by atoms with Gasteiger partial charge in [-0.1, -0.05) is 13.8 Å². The lowest BCUT2D eigenvalue weighted by molar-refractivity contribution is 0.183. The fraction of sp³-hybridized carbons (Fsp3) is 1.00. The first-order chi connectivity index (χ1) is 6.16. The number of likely N-dealkylation sites (tertiary alicyclic amines) is 1. The SMILES string of the molecule is CNCC(C(C)C)C1CCCN1C. The Morgan fingerprint density at radius 2 is 2.15 bits per heavy atom. The van der Waals surface area contributed by atoms with E-state index in [2.05, 4.69) is 38.2 Å². The third kappa shape index (κ3) is 2.68. The average molecular weight is 184 g/mol. The topological polar surface area (TPSA) is 15.3 Å². The standard InChI is InChI=1S/C11H24N2/c1-9(2)10(8-12-3)11-6-5-7-13(11)4/h9-12H,5-8H2,1-4H3. The monoisotopic (exact) mass is 184 g/mol. The zero-order chi connectivity index (χ0) is 9.84. The molecule has 1 rings (SSSR count). The van der Waals surface area contributed by atoms with E-state index in [4.69, 9.17) is 0 Å². The van der Waals surface area contributed by atoms with E-state index in [0.717, 1.165) is 24.4 Å². The van der Waals surface area contributed by atoms with Crippen LogP contribution in [0.25, 0.3) is 0 Å². The molecule has 1 aliphatic rings. The van der Waals surface area contributed by atoms with Crippen molar-refractivity contribution in [3.05, 3.63) is 0 Å². The van der Waals surface area contributed by atoms with Gasteiger partial charge in [0, 0.05) is 6.04 Å². The Morgan fingerprint density at radius 3 is 2.54 bits per heavy atom. The lowest BCUT2D eigenvalue weighted by Gasteiger charge is -2.31. The summed E-state index contributed by atoms with van der Waals surface area (Å²) in [6.45, 7) is 7.13. The van der Waals surface area contributed by atoms with Crippen LogP contribution >= 0.6 is 0 Å². The summed E-state index contributed by atoms with van der Waals surface area (Å²) in [7, 11) is 4.33. The first-order valence-corrected chi connectivity index (χ1v) is 5.51. The molecular formula is C11H24N2. The summed E-state index contributed by atoms with van der Waals surface area (Å²) in [4.78, 5) is 2.53. The highest BCUT2D eigenvalue weighted by atomic mass is 15.2. The van der Waals surface area contributed by atoms with Gasteiger partial charge >= 0.3 is 0 Å². The zero-order valence-electron chi connectivity index (χ0n) is 9.51. The van der Waals surface area contributed by atoms with Crippen molar-refractivity contribution < 1.29 is 0 Å². The molecule has 1 aliphatic heterocycles. The maximum Gasteiger partial charge on any atom is 0.0135 e. The van der Waals surface area contributed by atoms with Crippen molar-refractivity contribution in [1.82, 2.24) is 10.2 Å². The summed E-state index contributed by atoms with van der Waals surface area (Å²) >= 11 is 0. The molecule has 78 valence electrons. The Balaban J connectivity index is 2.52. The largest absolute Gasteiger partial charge is 0.319 e. The summed E-state index contributed by atoms with van der Waals surface area (Å²) in [6, 6.07) is 0.812. The van der Waals surface area contributed by atoms with Crippen LogP contribution in [0.1, 0.15) is 26.7 Å². The van der Waals surface area contributed by atoms with Gasteiger partial charge in [-0.2, -0.15) is 0 Å². The van der Waals surface area contributed by atoms with Gasteiger partial charge in [-0.3, -0.25) is 0 Å². The molecule has 0 aromatic carbocycles. The number of nitrogens with one attached hydrogen (secondary N) is 1. The third-order valence-corrected chi connectivity index (χ3v) is 3.37. The van der Waals surface area contributed by atoms with Crippen LogP contribution < -0.4 is 5.32 Å². The molecule has 1 N–H and O–H groups in total. The van der Waals surface area contributed by atoms with E-state index in [9.17, 15) is 0 Å². The van der Waals surface area contributed by atoms with Crippen molar-refractivity contribution in [2.24, 2.45) is 11.8 Å². The molecule has 0 radical (unpaired) electrons. The van der Waals surface area contributed by atoms with Gasteiger partial charge in [0.2, 0.25) is 0 Å². The fourth-order valence-electron chi connectivity index (χ4n) is 2.53. The fourth-order valence-corrected chi connectivity index (χ4v) is 2.53. The molecule has 0 aromatic rings. The predicted octanol–water partition coefficient (Wildman–Crippen LogP) is 1.57. The summed E-state index contributed by atoms with van der Waals surface area (Å²) < 4.78 is 0. The van der Waals surface area contributed by atoms with Gasteiger partial charge in [-0.05, 0) is 51.9 Å². The van der Waals surface area contributed by atoms with Crippen molar-refractivity contribution >= 4 is 0 Å². The summed E-state index contributed by atoms with van der Waals surface area (Å²) in [5.74, 6) is 1.61. The van der Waals surface area contributed by atoms with Crippen LogP contribution in [0.3, 0.4) is 0 Å². The van der Waals surface area contributed by atoms with E-state index in [-0.39, 0.29) is 0 Å². The normalized spacial score (nSPS) is 27.0. The lowest BCUT2D eigenvalue weighted by atomic mass is 9.87. The van der Waals surface area contributed by atoms with Gasteiger partial charge < -0.3 is 10.2 Å². The summed E-state index contributed by atoms with van der Waals surface area (Å²) in [6.07, 6.45) is 2.77. The Morgan fingerprint density at radius 1 is 1.46 bits per heavy atom. The molecule has 1 heterocycles. The Kier molecular flexibility index (Phi) is 4.20. The van der Waals surface area contributed by atoms with Crippen LogP contribution in [0.15, 0.2) is 0 Å². The van der Waals surface area contributed by atoms with E-state index in [1.165, 1.54) is 19.4 Å². The molecule has 0 spiro atoms. The van der Waals surface area contributed by atoms with Gasteiger partial charge in [0.25, 0.3) is 0 Å². The molecule has 0 amide bonds. The maximum absolute atomic E-state index is 3.32. The molecule has 2 unspecified atom stereocenters.